The van der Waals surface area contributed by atoms with Gasteiger partial charge in [0.2, 0.25) is 0 Å². The molecular weight excluding hydrogens is 320 g/mol. The molecule has 0 aliphatic heterocycles. The Bertz CT molecular complexity index is 584. The van der Waals surface area contributed by atoms with Gasteiger partial charge in [0.05, 0.1) is 29.0 Å². The fraction of sp³-hybridized carbons (Fsp3) is 0.182. The Morgan fingerprint density at radius 2 is 2.00 bits per heavy atom. The summed E-state index contributed by atoms with van der Waals surface area (Å²) in [5.41, 5.74) is -0.953. The van der Waals surface area contributed by atoms with Gasteiger partial charge in [-0.1, -0.05) is 29.3 Å². The van der Waals surface area contributed by atoms with E-state index in [2.05, 4.69) is 10.3 Å². The highest BCUT2D eigenvalue weighted by Crippen LogP contribution is 2.38. The van der Waals surface area contributed by atoms with Crippen LogP contribution in [0.2, 0.25) is 9.36 Å². The van der Waals surface area contributed by atoms with E-state index >= 15 is 0 Å². The van der Waals surface area contributed by atoms with Gasteiger partial charge in [0.1, 0.15) is 9.34 Å². The molecule has 19 heavy (non-hydrogen) atoms. The van der Waals surface area contributed by atoms with Crippen molar-refractivity contribution in [1.29, 1.82) is 0 Å². The lowest BCUT2D eigenvalue weighted by atomic mass is 10.1. The van der Waals surface area contributed by atoms with Crippen molar-refractivity contribution in [1.82, 2.24) is 4.98 Å². The number of benzene rings is 1. The third-order valence-electron chi connectivity index (χ3n) is 2.26. The molecule has 0 saturated heterocycles. The number of nitrogens with one attached hydrogen (secondary N) is 1. The Balaban J connectivity index is 2.24. The lowest BCUT2D eigenvalue weighted by molar-refractivity contribution is -0.136. The predicted octanol–water partition coefficient (Wildman–Crippen LogP) is 5.08. The minimum atomic E-state index is -4.46. The van der Waals surface area contributed by atoms with Crippen LogP contribution in [0.15, 0.2) is 24.4 Å². The van der Waals surface area contributed by atoms with Gasteiger partial charge in [-0.05, 0) is 12.1 Å². The molecule has 0 fully saturated rings. The third-order valence-corrected chi connectivity index (χ3v) is 3.69. The summed E-state index contributed by atoms with van der Waals surface area (Å²) in [6.07, 6.45) is -3.02. The largest absolute Gasteiger partial charge is 0.418 e. The fourth-order valence-electron chi connectivity index (χ4n) is 1.47. The van der Waals surface area contributed by atoms with Crippen molar-refractivity contribution in [2.24, 2.45) is 0 Å². The minimum Gasteiger partial charge on any atom is -0.377 e. The molecule has 0 radical (unpaired) electrons. The molecule has 0 atom stereocenters. The number of rotatable bonds is 3. The van der Waals surface area contributed by atoms with Gasteiger partial charge < -0.3 is 5.32 Å². The maximum Gasteiger partial charge on any atom is 0.418 e. The van der Waals surface area contributed by atoms with Gasteiger partial charge in [0.25, 0.3) is 0 Å². The molecule has 1 N–H and O–H groups in total. The zero-order chi connectivity index (χ0) is 14.0. The van der Waals surface area contributed by atoms with Crippen LogP contribution in [0, 0.1) is 0 Å². The number of halogens is 5. The van der Waals surface area contributed by atoms with Crippen molar-refractivity contribution in [2.75, 3.05) is 5.32 Å². The van der Waals surface area contributed by atoms with E-state index in [0.717, 1.165) is 6.07 Å². The van der Waals surface area contributed by atoms with Crippen LogP contribution >= 0.6 is 34.5 Å². The van der Waals surface area contributed by atoms with Crippen molar-refractivity contribution in [2.45, 2.75) is 12.7 Å². The standard InChI is InChI=1S/C11H7Cl2F3N2S/c12-7-3-1-2-6(11(14,15)16)10(7)18-5-9-17-4-8(13)19-9/h1-4,18H,5H2. The van der Waals surface area contributed by atoms with Gasteiger partial charge in [0, 0.05) is 0 Å². The molecule has 2 rings (SSSR count). The zero-order valence-corrected chi connectivity index (χ0v) is 11.6. The van der Waals surface area contributed by atoms with Crippen molar-refractivity contribution in [3.8, 4) is 0 Å². The van der Waals surface area contributed by atoms with Crippen molar-refractivity contribution >= 4 is 40.2 Å². The highest BCUT2D eigenvalue weighted by Gasteiger charge is 2.34. The van der Waals surface area contributed by atoms with E-state index < -0.39 is 11.7 Å². The Morgan fingerprint density at radius 1 is 1.26 bits per heavy atom. The molecule has 0 unspecified atom stereocenters. The molecule has 0 saturated carbocycles. The van der Waals surface area contributed by atoms with E-state index in [9.17, 15) is 13.2 Å². The molecule has 1 aromatic carbocycles. The highest BCUT2D eigenvalue weighted by molar-refractivity contribution is 7.15. The lowest BCUT2D eigenvalue weighted by Gasteiger charge is -2.15. The van der Waals surface area contributed by atoms with Crippen LogP contribution < -0.4 is 5.32 Å². The first-order chi connectivity index (χ1) is 8.88. The van der Waals surface area contributed by atoms with Crippen LogP contribution in [0.4, 0.5) is 18.9 Å². The number of anilines is 1. The number of aromatic nitrogens is 1. The number of nitrogens with zero attached hydrogens (tertiary/aromatic N) is 1. The summed E-state index contributed by atoms with van der Waals surface area (Å²) in [4.78, 5) is 3.95. The van der Waals surface area contributed by atoms with E-state index in [-0.39, 0.29) is 17.3 Å². The van der Waals surface area contributed by atoms with E-state index in [1.54, 1.807) is 0 Å². The first-order valence-corrected chi connectivity index (χ1v) is 6.65. The summed E-state index contributed by atoms with van der Waals surface area (Å²) in [5.74, 6) is 0. The summed E-state index contributed by atoms with van der Waals surface area (Å²) >= 11 is 12.7. The molecule has 0 spiro atoms. The Morgan fingerprint density at radius 3 is 2.58 bits per heavy atom. The van der Waals surface area contributed by atoms with Crippen molar-refractivity contribution < 1.29 is 13.2 Å². The van der Waals surface area contributed by atoms with Gasteiger partial charge in [-0.15, -0.1) is 11.3 Å². The molecule has 0 aliphatic carbocycles. The Kier molecular flexibility index (Phi) is 4.23. The SMILES string of the molecule is FC(F)(F)c1cccc(Cl)c1NCc1ncc(Cl)s1. The van der Waals surface area contributed by atoms with Crippen LogP contribution in [-0.4, -0.2) is 4.98 Å². The molecule has 1 heterocycles. The maximum atomic E-state index is 12.8. The van der Waals surface area contributed by atoms with E-state index in [0.29, 0.717) is 9.34 Å². The van der Waals surface area contributed by atoms with Crippen LogP contribution in [0.5, 0.6) is 0 Å². The number of thiazole rings is 1. The van der Waals surface area contributed by atoms with Gasteiger partial charge in [-0.2, -0.15) is 13.2 Å². The number of alkyl halides is 3. The quantitative estimate of drug-likeness (QED) is 0.850. The molecule has 2 nitrogen and oxygen atoms in total. The van der Waals surface area contributed by atoms with Crippen molar-refractivity contribution in [3.63, 3.8) is 0 Å². The maximum absolute atomic E-state index is 12.8. The number of hydrogen-bond donors (Lipinski definition) is 1. The van der Waals surface area contributed by atoms with Crippen LogP contribution in [0.1, 0.15) is 10.6 Å². The molecule has 0 aliphatic rings. The smallest absolute Gasteiger partial charge is 0.377 e. The fourth-order valence-corrected chi connectivity index (χ4v) is 2.61. The van der Waals surface area contributed by atoms with Gasteiger partial charge in [-0.3, -0.25) is 0 Å². The molecular formula is C11H7Cl2F3N2S. The number of para-hydroxylation sites is 1. The van der Waals surface area contributed by atoms with Gasteiger partial charge in [-0.25, -0.2) is 4.98 Å². The van der Waals surface area contributed by atoms with E-state index in [1.165, 1.54) is 29.7 Å². The topological polar surface area (TPSA) is 24.9 Å². The molecule has 2 aromatic rings. The van der Waals surface area contributed by atoms with E-state index in [4.69, 9.17) is 23.2 Å². The van der Waals surface area contributed by atoms with Crippen LogP contribution in [0.3, 0.4) is 0 Å². The van der Waals surface area contributed by atoms with Crippen LogP contribution in [-0.2, 0) is 12.7 Å². The molecule has 0 amide bonds. The summed E-state index contributed by atoms with van der Waals surface area (Å²) < 4.78 is 39.0. The third kappa shape index (κ3) is 3.52. The Labute approximate surface area is 121 Å². The number of hydrogen-bond acceptors (Lipinski definition) is 3. The summed E-state index contributed by atoms with van der Waals surface area (Å²) in [6.45, 7) is 0.129. The first kappa shape index (κ1) is 14.4. The summed E-state index contributed by atoms with van der Waals surface area (Å²) in [5, 5.41) is 3.25. The second kappa shape index (κ2) is 5.56. The monoisotopic (exact) mass is 326 g/mol. The molecule has 0 bridgehead atoms. The molecule has 8 heteroatoms. The van der Waals surface area contributed by atoms with E-state index in [1.807, 2.05) is 0 Å². The van der Waals surface area contributed by atoms with Crippen LogP contribution in [0.25, 0.3) is 0 Å². The lowest BCUT2D eigenvalue weighted by Crippen LogP contribution is -2.11. The second-order valence-corrected chi connectivity index (χ2v) is 5.73. The predicted molar refractivity (Wildman–Crippen MR) is 70.9 cm³/mol. The normalized spacial score (nSPS) is 11.6. The highest BCUT2D eigenvalue weighted by atomic mass is 35.5. The zero-order valence-electron chi connectivity index (χ0n) is 9.26. The minimum absolute atomic E-state index is 0.0116. The Hall–Kier alpha value is -0.980. The van der Waals surface area contributed by atoms with Gasteiger partial charge >= 0.3 is 6.18 Å². The average Bonchev–Trinajstić information content (AvgIpc) is 2.72. The molecule has 1 aromatic heterocycles. The average molecular weight is 327 g/mol. The summed E-state index contributed by atoms with van der Waals surface area (Å²) in [6, 6.07) is 3.63. The molecule has 102 valence electrons. The first-order valence-electron chi connectivity index (χ1n) is 5.07. The second-order valence-electron chi connectivity index (χ2n) is 3.57. The summed E-state index contributed by atoms with van der Waals surface area (Å²) in [7, 11) is 0. The van der Waals surface area contributed by atoms with Gasteiger partial charge in [0.15, 0.2) is 0 Å². The van der Waals surface area contributed by atoms with Crippen molar-refractivity contribution in [3.05, 3.63) is 44.3 Å².